The largest absolute Gasteiger partial charge is 0.383 e. The summed E-state index contributed by atoms with van der Waals surface area (Å²) in [6.45, 7) is 4.91. The van der Waals surface area contributed by atoms with Gasteiger partial charge in [0.05, 0.1) is 6.61 Å². The molecule has 0 saturated heterocycles. The maximum atomic E-state index is 5.00. The molecule has 0 heterocycles. The van der Waals surface area contributed by atoms with Gasteiger partial charge in [0.1, 0.15) is 0 Å². The minimum atomic E-state index is 0.709. The zero-order valence-corrected chi connectivity index (χ0v) is 11.5. The average molecular weight is 241 g/mol. The number of nitrogens with zero attached hydrogens (tertiary/aromatic N) is 1. The molecule has 1 aliphatic rings. The van der Waals surface area contributed by atoms with E-state index in [9.17, 15) is 0 Å². The third kappa shape index (κ3) is 5.91. The van der Waals surface area contributed by atoms with Crippen molar-refractivity contribution < 1.29 is 4.74 Å². The molecule has 1 aliphatic carbocycles. The highest BCUT2D eigenvalue weighted by atomic mass is 16.5. The lowest BCUT2D eigenvalue weighted by molar-refractivity contribution is 0.203. The van der Waals surface area contributed by atoms with Crippen molar-refractivity contribution in [2.75, 3.05) is 33.9 Å². The van der Waals surface area contributed by atoms with Gasteiger partial charge in [-0.05, 0) is 24.7 Å². The van der Waals surface area contributed by atoms with Crippen molar-refractivity contribution >= 4 is 5.96 Å². The van der Waals surface area contributed by atoms with Crippen molar-refractivity contribution in [3.05, 3.63) is 0 Å². The molecule has 2 atom stereocenters. The number of guanidine groups is 1. The van der Waals surface area contributed by atoms with Gasteiger partial charge in [0, 0.05) is 27.2 Å². The van der Waals surface area contributed by atoms with Gasteiger partial charge in [-0.1, -0.05) is 19.8 Å². The fraction of sp³-hybridized carbons (Fsp3) is 0.923. The quantitative estimate of drug-likeness (QED) is 0.437. The number of nitrogens with one attached hydrogen (secondary N) is 2. The molecule has 0 aliphatic heterocycles. The Kier molecular flexibility index (Phi) is 7.01. The van der Waals surface area contributed by atoms with E-state index in [1.165, 1.54) is 25.7 Å². The Hall–Kier alpha value is -0.770. The monoisotopic (exact) mass is 241 g/mol. The Bertz CT molecular complexity index is 231. The summed E-state index contributed by atoms with van der Waals surface area (Å²) < 4.78 is 5.00. The molecular formula is C13H27N3O. The minimum Gasteiger partial charge on any atom is -0.383 e. The summed E-state index contributed by atoms with van der Waals surface area (Å²) >= 11 is 0. The number of methoxy groups -OCH3 is 1. The van der Waals surface area contributed by atoms with Crippen LogP contribution in [0.1, 0.15) is 32.6 Å². The van der Waals surface area contributed by atoms with Gasteiger partial charge in [-0.25, -0.2) is 0 Å². The van der Waals surface area contributed by atoms with E-state index in [1.807, 2.05) is 7.05 Å². The summed E-state index contributed by atoms with van der Waals surface area (Å²) in [7, 11) is 3.52. The van der Waals surface area contributed by atoms with E-state index in [2.05, 4.69) is 22.5 Å². The summed E-state index contributed by atoms with van der Waals surface area (Å²) in [6.07, 6.45) is 5.48. The van der Waals surface area contributed by atoms with Crippen LogP contribution in [0, 0.1) is 11.8 Å². The molecule has 17 heavy (non-hydrogen) atoms. The van der Waals surface area contributed by atoms with Crippen molar-refractivity contribution in [1.29, 1.82) is 0 Å². The summed E-state index contributed by atoms with van der Waals surface area (Å²) in [5, 5.41) is 6.64. The fourth-order valence-corrected chi connectivity index (χ4v) is 2.48. The summed E-state index contributed by atoms with van der Waals surface area (Å²) in [6, 6.07) is 0. The lowest BCUT2D eigenvalue weighted by Gasteiger charge is -2.27. The Morgan fingerprint density at radius 3 is 2.82 bits per heavy atom. The third-order valence-electron chi connectivity index (χ3n) is 3.43. The van der Waals surface area contributed by atoms with E-state index in [-0.39, 0.29) is 0 Å². The van der Waals surface area contributed by atoms with Crippen LogP contribution in [0.5, 0.6) is 0 Å². The zero-order chi connectivity index (χ0) is 12.5. The first-order valence-electron chi connectivity index (χ1n) is 6.69. The number of hydrogen-bond acceptors (Lipinski definition) is 2. The zero-order valence-electron chi connectivity index (χ0n) is 11.5. The standard InChI is InChI=1S/C13H27N3O/c1-11-5-4-6-12(9-11)10-16-13(14-2)15-7-8-17-3/h11-12H,4-10H2,1-3H3,(H2,14,15,16). The highest BCUT2D eigenvalue weighted by Crippen LogP contribution is 2.27. The van der Waals surface area contributed by atoms with Gasteiger partial charge in [-0.3, -0.25) is 4.99 Å². The SMILES string of the molecule is CN=C(NCCOC)NCC1CCCC(C)C1. The van der Waals surface area contributed by atoms with E-state index in [4.69, 9.17) is 4.74 Å². The third-order valence-corrected chi connectivity index (χ3v) is 3.43. The second-order valence-electron chi connectivity index (χ2n) is 5.01. The van der Waals surface area contributed by atoms with E-state index in [0.717, 1.165) is 30.9 Å². The predicted octanol–water partition coefficient (Wildman–Crippen LogP) is 1.62. The molecule has 4 heteroatoms. The van der Waals surface area contributed by atoms with E-state index in [1.54, 1.807) is 7.11 Å². The molecular weight excluding hydrogens is 214 g/mol. The minimum absolute atomic E-state index is 0.709. The van der Waals surface area contributed by atoms with Crippen molar-refractivity contribution in [3.8, 4) is 0 Å². The van der Waals surface area contributed by atoms with Gasteiger partial charge < -0.3 is 15.4 Å². The van der Waals surface area contributed by atoms with Crippen molar-refractivity contribution in [1.82, 2.24) is 10.6 Å². The molecule has 100 valence electrons. The molecule has 0 spiro atoms. The number of ether oxygens (including phenoxy) is 1. The second kappa shape index (κ2) is 8.34. The summed E-state index contributed by atoms with van der Waals surface area (Å²) in [4.78, 5) is 4.20. The molecule has 1 saturated carbocycles. The van der Waals surface area contributed by atoms with Crippen LogP contribution in [0.3, 0.4) is 0 Å². The highest BCUT2D eigenvalue weighted by molar-refractivity contribution is 5.79. The topological polar surface area (TPSA) is 45.7 Å². The highest BCUT2D eigenvalue weighted by Gasteiger charge is 2.18. The Labute approximate surface area is 105 Å². The molecule has 2 unspecified atom stereocenters. The number of hydrogen-bond donors (Lipinski definition) is 2. The molecule has 0 amide bonds. The summed E-state index contributed by atoms with van der Waals surface area (Å²) in [5.74, 6) is 2.58. The van der Waals surface area contributed by atoms with Gasteiger partial charge in [0.2, 0.25) is 0 Å². The lowest BCUT2D eigenvalue weighted by atomic mass is 9.82. The number of rotatable bonds is 5. The fourth-order valence-electron chi connectivity index (χ4n) is 2.48. The molecule has 2 N–H and O–H groups in total. The van der Waals surface area contributed by atoms with Gasteiger partial charge >= 0.3 is 0 Å². The van der Waals surface area contributed by atoms with Crippen LogP contribution in [-0.4, -0.2) is 39.8 Å². The van der Waals surface area contributed by atoms with Crippen molar-refractivity contribution in [3.63, 3.8) is 0 Å². The molecule has 0 aromatic heterocycles. The van der Waals surface area contributed by atoms with Crippen LogP contribution in [0.25, 0.3) is 0 Å². The van der Waals surface area contributed by atoms with Crippen LogP contribution in [0.4, 0.5) is 0 Å². The average Bonchev–Trinajstić information content (AvgIpc) is 2.34. The molecule has 1 rings (SSSR count). The molecule has 0 aromatic carbocycles. The van der Waals surface area contributed by atoms with Gasteiger partial charge in [0.15, 0.2) is 5.96 Å². The van der Waals surface area contributed by atoms with Crippen LogP contribution in [-0.2, 0) is 4.74 Å². The normalized spacial score (nSPS) is 25.7. The first kappa shape index (κ1) is 14.3. The van der Waals surface area contributed by atoms with Gasteiger partial charge in [-0.15, -0.1) is 0 Å². The Balaban J connectivity index is 2.18. The maximum Gasteiger partial charge on any atom is 0.191 e. The first-order valence-corrected chi connectivity index (χ1v) is 6.69. The van der Waals surface area contributed by atoms with E-state index in [0.29, 0.717) is 6.61 Å². The van der Waals surface area contributed by atoms with E-state index >= 15 is 0 Å². The van der Waals surface area contributed by atoms with Crippen LogP contribution in [0.15, 0.2) is 4.99 Å². The summed E-state index contributed by atoms with van der Waals surface area (Å²) in [5.41, 5.74) is 0. The van der Waals surface area contributed by atoms with E-state index < -0.39 is 0 Å². The van der Waals surface area contributed by atoms with Gasteiger partial charge in [-0.2, -0.15) is 0 Å². The van der Waals surface area contributed by atoms with Crippen LogP contribution >= 0.6 is 0 Å². The number of aliphatic imine (C=N–C) groups is 1. The van der Waals surface area contributed by atoms with Crippen molar-refractivity contribution in [2.45, 2.75) is 32.6 Å². The smallest absolute Gasteiger partial charge is 0.191 e. The van der Waals surface area contributed by atoms with Gasteiger partial charge in [0.25, 0.3) is 0 Å². The first-order chi connectivity index (χ1) is 8.26. The molecule has 0 radical (unpaired) electrons. The second-order valence-corrected chi connectivity index (χ2v) is 5.01. The predicted molar refractivity (Wildman–Crippen MR) is 72.4 cm³/mol. The maximum absolute atomic E-state index is 5.00. The molecule has 0 aromatic rings. The Morgan fingerprint density at radius 1 is 1.35 bits per heavy atom. The molecule has 0 bridgehead atoms. The Morgan fingerprint density at radius 2 is 2.18 bits per heavy atom. The van der Waals surface area contributed by atoms with Crippen LogP contribution in [0.2, 0.25) is 0 Å². The molecule has 1 fully saturated rings. The lowest BCUT2D eigenvalue weighted by Crippen LogP contribution is -2.41. The van der Waals surface area contributed by atoms with Crippen molar-refractivity contribution in [2.24, 2.45) is 16.8 Å². The van der Waals surface area contributed by atoms with Crippen LogP contribution < -0.4 is 10.6 Å². The molecule has 4 nitrogen and oxygen atoms in total.